The molecule has 0 saturated heterocycles. The quantitative estimate of drug-likeness (QED) is 0.319. The van der Waals surface area contributed by atoms with E-state index in [0.29, 0.717) is 6.61 Å². The maximum absolute atomic E-state index is 8.76. The van der Waals surface area contributed by atoms with E-state index in [0.717, 1.165) is 6.42 Å². The number of rotatable bonds is 15. The predicted molar refractivity (Wildman–Crippen MR) is 85.0 cm³/mol. The molecule has 4 heteroatoms. The Hall–Kier alpha value is 0.310. The Labute approximate surface area is 121 Å². The number of unbranched alkanes of at least 4 members (excludes halogenated alkanes) is 12. The van der Waals surface area contributed by atoms with Crippen molar-refractivity contribution in [3.8, 4) is 0 Å². The number of hydrogen-bond acceptors (Lipinski definition) is 3. The number of nitrogens with two attached hydrogens (primary N) is 1. The largest absolute Gasteiger partial charge is 0.338 e. The van der Waals surface area contributed by atoms with Gasteiger partial charge in [-0.15, -0.1) is 0 Å². The van der Waals surface area contributed by atoms with Gasteiger partial charge in [-0.2, -0.15) is 0 Å². The zero-order chi connectivity index (χ0) is 14.2. The van der Waals surface area contributed by atoms with Gasteiger partial charge in [-0.25, -0.2) is 0 Å². The fourth-order valence-corrected chi connectivity index (χ4v) is 2.59. The Balaban J connectivity index is 2.91. The Kier molecular flexibility index (Phi) is 16.6. The zero-order valence-electron chi connectivity index (χ0n) is 12.8. The summed E-state index contributed by atoms with van der Waals surface area (Å²) < 4.78 is 4.94. The van der Waals surface area contributed by atoms with Crippen LogP contribution in [0.5, 0.6) is 0 Å². The summed E-state index contributed by atoms with van der Waals surface area (Å²) in [6.07, 6.45) is 17.5. The van der Waals surface area contributed by atoms with Crippen molar-refractivity contribution >= 4 is 8.53 Å². The summed E-state index contributed by atoms with van der Waals surface area (Å²) in [6, 6.07) is 0. The SMILES string of the molecule is CCCCCCCCCCCCCCCOP(N)O. The molecule has 0 bridgehead atoms. The monoisotopic (exact) mass is 291 g/mol. The summed E-state index contributed by atoms with van der Waals surface area (Å²) in [5, 5.41) is 0. The highest BCUT2D eigenvalue weighted by molar-refractivity contribution is 7.43. The molecule has 1 unspecified atom stereocenters. The van der Waals surface area contributed by atoms with Crippen LogP contribution in [-0.4, -0.2) is 11.5 Å². The van der Waals surface area contributed by atoms with Gasteiger partial charge in [0.15, 0.2) is 0 Å². The average molecular weight is 291 g/mol. The van der Waals surface area contributed by atoms with E-state index < -0.39 is 8.53 Å². The summed E-state index contributed by atoms with van der Waals surface area (Å²) in [6.45, 7) is 2.88. The first-order valence-corrected chi connectivity index (χ1v) is 9.42. The highest BCUT2D eigenvalue weighted by Gasteiger charge is 1.96. The third-order valence-electron chi connectivity index (χ3n) is 3.47. The van der Waals surface area contributed by atoms with Gasteiger partial charge in [0.05, 0.1) is 6.61 Å². The summed E-state index contributed by atoms with van der Waals surface area (Å²) in [4.78, 5) is 8.76. The molecule has 3 nitrogen and oxygen atoms in total. The molecule has 19 heavy (non-hydrogen) atoms. The summed E-state index contributed by atoms with van der Waals surface area (Å²) >= 11 is 0. The molecular weight excluding hydrogens is 257 g/mol. The first-order valence-electron chi connectivity index (χ1n) is 8.14. The van der Waals surface area contributed by atoms with Crippen LogP contribution in [0.2, 0.25) is 0 Å². The Bertz CT molecular complexity index is 168. The van der Waals surface area contributed by atoms with Crippen molar-refractivity contribution in [2.45, 2.75) is 90.4 Å². The lowest BCUT2D eigenvalue weighted by Crippen LogP contribution is -1.95. The van der Waals surface area contributed by atoms with E-state index in [1.54, 1.807) is 0 Å². The van der Waals surface area contributed by atoms with Crippen LogP contribution in [0.15, 0.2) is 0 Å². The van der Waals surface area contributed by atoms with Gasteiger partial charge in [0.25, 0.3) is 0 Å². The Morgan fingerprint density at radius 3 is 1.47 bits per heavy atom. The van der Waals surface area contributed by atoms with Gasteiger partial charge in [0.1, 0.15) is 0 Å². The third kappa shape index (κ3) is 18.3. The van der Waals surface area contributed by atoms with Gasteiger partial charge in [-0.3, -0.25) is 5.50 Å². The fraction of sp³-hybridized carbons (Fsp3) is 1.00. The molecule has 0 aromatic rings. The lowest BCUT2D eigenvalue weighted by atomic mass is 10.0. The molecule has 0 aliphatic carbocycles. The summed E-state index contributed by atoms with van der Waals surface area (Å²) in [5.41, 5.74) is 5.14. The molecule has 0 saturated carbocycles. The van der Waals surface area contributed by atoms with Crippen molar-refractivity contribution in [2.75, 3.05) is 6.61 Å². The van der Waals surface area contributed by atoms with E-state index in [1.165, 1.54) is 77.0 Å². The van der Waals surface area contributed by atoms with Crippen LogP contribution in [-0.2, 0) is 4.52 Å². The molecule has 0 aromatic carbocycles. The van der Waals surface area contributed by atoms with Crippen molar-refractivity contribution in [3.63, 3.8) is 0 Å². The molecule has 0 fully saturated rings. The summed E-state index contributed by atoms with van der Waals surface area (Å²) in [5.74, 6) is 0. The topological polar surface area (TPSA) is 55.5 Å². The van der Waals surface area contributed by atoms with Gasteiger partial charge < -0.3 is 9.42 Å². The van der Waals surface area contributed by atoms with E-state index in [2.05, 4.69) is 6.92 Å². The van der Waals surface area contributed by atoms with E-state index in [1.807, 2.05) is 0 Å². The molecule has 0 aliphatic rings. The van der Waals surface area contributed by atoms with E-state index in [-0.39, 0.29) is 0 Å². The number of hydrogen-bond donors (Lipinski definition) is 2. The predicted octanol–water partition coefficient (Wildman–Crippen LogP) is 5.27. The van der Waals surface area contributed by atoms with Gasteiger partial charge >= 0.3 is 0 Å². The second-order valence-electron chi connectivity index (χ2n) is 5.38. The van der Waals surface area contributed by atoms with Crippen LogP contribution in [0, 0.1) is 0 Å². The van der Waals surface area contributed by atoms with Crippen LogP contribution in [0.1, 0.15) is 90.4 Å². The highest BCUT2D eigenvalue weighted by atomic mass is 31.2. The standard InChI is InChI=1S/C15H34NO2P/c1-2-3-4-5-6-7-8-9-10-11-12-13-14-15-18-19(16)17/h17H,2-16H2,1H3. The van der Waals surface area contributed by atoms with Crippen LogP contribution in [0.3, 0.4) is 0 Å². The van der Waals surface area contributed by atoms with Gasteiger partial charge in [0.2, 0.25) is 8.53 Å². The molecule has 0 amide bonds. The lowest BCUT2D eigenvalue weighted by Gasteiger charge is -2.05. The fourth-order valence-electron chi connectivity index (χ4n) is 2.28. The maximum Gasteiger partial charge on any atom is 0.250 e. The van der Waals surface area contributed by atoms with Crippen LogP contribution >= 0.6 is 8.53 Å². The van der Waals surface area contributed by atoms with E-state index >= 15 is 0 Å². The Morgan fingerprint density at radius 2 is 1.11 bits per heavy atom. The van der Waals surface area contributed by atoms with Crippen molar-refractivity contribution in [3.05, 3.63) is 0 Å². The van der Waals surface area contributed by atoms with Crippen molar-refractivity contribution in [1.82, 2.24) is 0 Å². The van der Waals surface area contributed by atoms with Crippen LogP contribution < -0.4 is 5.50 Å². The second-order valence-corrected chi connectivity index (χ2v) is 6.24. The lowest BCUT2D eigenvalue weighted by molar-refractivity contribution is 0.298. The zero-order valence-corrected chi connectivity index (χ0v) is 13.7. The van der Waals surface area contributed by atoms with E-state index in [4.69, 9.17) is 14.9 Å². The molecule has 3 N–H and O–H groups in total. The molecule has 0 aliphatic heterocycles. The second kappa shape index (κ2) is 16.4. The van der Waals surface area contributed by atoms with Crippen LogP contribution in [0.25, 0.3) is 0 Å². The van der Waals surface area contributed by atoms with Crippen molar-refractivity contribution in [1.29, 1.82) is 0 Å². The van der Waals surface area contributed by atoms with Crippen molar-refractivity contribution < 1.29 is 9.42 Å². The maximum atomic E-state index is 8.76. The smallest absolute Gasteiger partial charge is 0.250 e. The molecule has 0 spiro atoms. The van der Waals surface area contributed by atoms with Gasteiger partial charge in [0, 0.05) is 0 Å². The normalized spacial score (nSPS) is 12.8. The first-order chi connectivity index (χ1) is 9.27. The molecule has 0 aromatic heterocycles. The first kappa shape index (κ1) is 19.3. The molecule has 1 atom stereocenters. The molecule has 116 valence electrons. The summed E-state index contributed by atoms with van der Waals surface area (Å²) in [7, 11) is -1.64. The molecule has 0 heterocycles. The van der Waals surface area contributed by atoms with Crippen LogP contribution in [0.4, 0.5) is 0 Å². The minimum Gasteiger partial charge on any atom is -0.338 e. The minimum absolute atomic E-state index is 0.608. The average Bonchev–Trinajstić information content (AvgIpc) is 2.39. The highest BCUT2D eigenvalue weighted by Crippen LogP contribution is 2.20. The molecule has 0 rings (SSSR count). The third-order valence-corrected chi connectivity index (χ3v) is 3.92. The van der Waals surface area contributed by atoms with Crippen molar-refractivity contribution in [2.24, 2.45) is 5.50 Å². The van der Waals surface area contributed by atoms with E-state index in [9.17, 15) is 0 Å². The molecule has 0 radical (unpaired) electrons. The van der Waals surface area contributed by atoms with Gasteiger partial charge in [-0.05, 0) is 6.42 Å². The minimum atomic E-state index is -1.64. The van der Waals surface area contributed by atoms with Gasteiger partial charge in [-0.1, -0.05) is 84.0 Å². The Morgan fingerprint density at radius 1 is 0.737 bits per heavy atom. The molecular formula is C15H34NO2P.